The number of ketones is 1. The molecular formula is C19H18FN5O. The molecule has 0 saturated heterocycles. The van der Waals surface area contributed by atoms with Crippen LogP contribution >= 0.6 is 0 Å². The quantitative estimate of drug-likeness (QED) is 0.650. The topological polar surface area (TPSA) is 79.8 Å². The van der Waals surface area contributed by atoms with Crippen molar-refractivity contribution in [2.75, 3.05) is 10.6 Å². The molecule has 2 N–H and O–H groups in total. The second-order valence-electron chi connectivity index (χ2n) is 5.82. The van der Waals surface area contributed by atoms with Crippen LogP contribution < -0.4 is 10.6 Å². The van der Waals surface area contributed by atoms with Gasteiger partial charge < -0.3 is 10.6 Å². The molecule has 1 aromatic carbocycles. The molecule has 6 nitrogen and oxygen atoms in total. The average Bonchev–Trinajstić information content (AvgIpc) is 2.63. The van der Waals surface area contributed by atoms with Crippen molar-refractivity contribution in [2.45, 2.75) is 19.9 Å². The number of rotatable bonds is 6. The van der Waals surface area contributed by atoms with E-state index in [0.29, 0.717) is 23.0 Å². The highest BCUT2D eigenvalue weighted by molar-refractivity contribution is 5.95. The van der Waals surface area contributed by atoms with Crippen molar-refractivity contribution in [3.63, 3.8) is 0 Å². The third-order valence-electron chi connectivity index (χ3n) is 3.79. The standard InChI is InChI=1S/C19H18FN5O/c1-12(14-3-5-16(20)6-4-14)23-17-9-15(13(2)26)10-18(24-17)25-19-11-21-7-8-22-19/h3-12H,1-2H3,(H2,22,23,24,25). The Morgan fingerprint density at radius 2 is 1.81 bits per heavy atom. The number of carbonyl (C=O) groups is 1. The summed E-state index contributed by atoms with van der Waals surface area (Å²) < 4.78 is 13.1. The molecule has 0 aliphatic rings. The van der Waals surface area contributed by atoms with Crippen LogP contribution in [0.4, 0.5) is 21.8 Å². The van der Waals surface area contributed by atoms with Crippen LogP contribution in [-0.2, 0) is 0 Å². The summed E-state index contributed by atoms with van der Waals surface area (Å²) >= 11 is 0. The van der Waals surface area contributed by atoms with Crippen molar-refractivity contribution < 1.29 is 9.18 Å². The lowest BCUT2D eigenvalue weighted by Crippen LogP contribution is -2.10. The van der Waals surface area contributed by atoms with Gasteiger partial charge in [-0.25, -0.2) is 14.4 Å². The number of halogens is 1. The second-order valence-corrected chi connectivity index (χ2v) is 5.82. The largest absolute Gasteiger partial charge is 0.363 e. The van der Waals surface area contributed by atoms with Gasteiger partial charge in [-0.15, -0.1) is 0 Å². The first kappa shape index (κ1) is 17.5. The molecule has 0 aliphatic heterocycles. The van der Waals surface area contributed by atoms with Crippen LogP contribution in [0.2, 0.25) is 0 Å². The maximum absolute atomic E-state index is 13.1. The molecule has 2 heterocycles. The van der Waals surface area contributed by atoms with Crippen LogP contribution in [0, 0.1) is 5.82 Å². The molecule has 3 rings (SSSR count). The van der Waals surface area contributed by atoms with Gasteiger partial charge >= 0.3 is 0 Å². The second kappa shape index (κ2) is 7.69. The van der Waals surface area contributed by atoms with Gasteiger partial charge in [0.2, 0.25) is 0 Å². The highest BCUT2D eigenvalue weighted by Gasteiger charge is 2.11. The lowest BCUT2D eigenvalue weighted by molar-refractivity contribution is 0.101. The van der Waals surface area contributed by atoms with E-state index in [1.807, 2.05) is 6.92 Å². The van der Waals surface area contributed by atoms with E-state index in [2.05, 4.69) is 25.6 Å². The zero-order chi connectivity index (χ0) is 18.5. The van der Waals surface area contributed by atoms with Crippen LogP contribution in [0.25, 0.3) is 0 Å². The summed E-state index contributed by atoms with van der Waals surface area (Å²) in [7, 11) is 0. The zero-order valence-corrected chi connectivity index (χ0v) is 14.4. The summed E-state index contributed by atoms with van der Waals surface area (Å²) in [6.45, 7) is 3.43. The van der Waals surface area contributed by atoms with E-state index < -0.39 is 0 Å². The highest BCUT2D eigenvalue weighted by atomic mass is 19.1. The summed E-state index contributed by atoms with van der Waals surface area (Å²) in [6, 6.07) is 9.47. The summed E-state index contributed by atoms with van der Waals surface area (Å²) in [5.74, 6) is 1.17. The fourth-order valence-electron chi connectivity index (χ4n) is 2.42. The first-order chi connectivity index (χ1) is 12.5. The summed E-state index contributed by atoms with van der Waals surface area (Å²) in [4.78, 5) is 24.5. The minimum absolute atomic E-state index is 0.0768. The maximum atomic E-state index is 13.1. The minimum atomic E-state index is -0.284. The summed E-state index contributed by atoms with van der Waals surface area (Å²) in [5.41, 5.74) is 1.42. The number of aromatic nitrogens is 3. The fraction of sp³-hybridized carbons (Fsp3) is 0.158. The average molecular weight is 351 g/mol. The molecule has 0 aliphatic carbocycles. The first-order valence-corrected chi connectivity index (χ1v) is 8.09. The predicted molar refractivity (Wildman–Crippen MR) is 98.0 cm³/mol. The Morgan fingerprint density at radius 1 is 1.08 bits per heavy atom. The number of Topliss-reactive ketones (excluding diaryl/α,β-unsaturated/α-hetero) is 1. The van der Waals surface area contributed by atoms with Crippen LogP contribution in [0.1, 0.15) is 35.8 Å². The van der Waals surface area contributed by atoms with E-state index in [-0.39, 0.29) is 17.6 Å². The van der Waals surface area contributed by atoms with Crippen molar-refractivity contribution in [2.24, 2.45) is 0 Å². The monoisotopic (exact) mass is 351 g/mol. The van der Waals surface area contributed by atoms with Gasteiger partial charge in [-0.3, -0.25) is 9.78 Å². The smallest absolute Gasteiger partial charge is 0.160 e. The van der Waals surface area contributed by atoms with Gasteiger partial charge in [0.15, 0.2) is 5.78 Å². The van der Waals surface area contributed by atoms with Crippen LogP contribution in [0.3, 0.4) is 0 Å². The molecule has 1 unspecified atom stereocenters. The number of nitrogens with zero attached hydrogens (tertiary/aromatic N) is 3. The molecule has 1 atom stereocenters. The lowest BCUT2D eigenvalue weighted by atomic mass is 10.1. The van der Waals surface area contributed by atoms with Gasteiger partial charge in [0, 0.05) is 24.0 Å². The predicted octanol–water partition coefficient (Wildman–Crippen LogP) is 4.13. The Labute approximate surface area is 150 Å². The van der Waals surface area contributed by atoms with Crippen molar-refractivity contribution >= 4 is 23.2 Å². The van der Waals surface area contributed by atoms with Gasteiger partial charge in [-0.2, -0.15) is 0 Å². The molecule has 26 heavy (non-hydrogen) atoms. The molecule has 2 aromatic heterocycles. The van der Waals surface area contributed by atoms with Gasteiger partial charge in [0.05, 0.1) is 6.20 Å². The molecule has 0 spiro atoms. The minimum Gasteiger partial charge on any atom is -0.363 e. The molecule has 0 radical (unpaired) electrons. The zero-order valence-electron chi connectivity index (χ0n) is 14.4. The lowest BCUT2D eigenvalue weighted by Gasteiger charge is -2.16. The highest BCUT2D eigenvalue weighted by Crippen LogP contribution is 2.22. The molecule has 0 bridgehead atoms. The molecular weight excluding hydrogens is 333 g/mol. The van der Waals surface area contributed by atoms with Crippen molar-refractivity contribution in [3.8, 4) is 0 Å². The maximum Gasteiger partial charge on any atom is 0.160 e. The van der Waals surface area contributed by atoms with E-state index in [1.165, 1.54) is 19.1 Å². The van der Waals surface area contributed by atoms with E-state index in [9.17, 15) is 9.18 Å². The van der Waals surface area contributed by atoms with E-state index in [4.69, 9.17) is 0 Å². The van der Waals surface area contributed by atoms with Crippen molar-refractivity contribution in [1.29, 1.82) is 0 Å². The van der Waals surface area contributed by atoms with E-state index in [1.54, 1.807) is 42.9 Å². The fourth-order valence-corrected chi connectivity index (χ4v) is 2.42. The van der Waals surface area contributed by atoms with Gasteiger partial charge in [-0.1, -0.05) is 12.1 Å². The number of anilines is 3. The number of nitrogens with one attached hydrogen (secondary N) is 2. The number of benzene rings is 1. The van der Waals surface area contributed by atoms with Crippen molar-refractivity contribution in [3.05, 3.63) is 71.9 Å². The Balaban J connectivity index is 1.85. The number of carbonyl (C=O) groups excluding carboxylic acids is 1. The van der Waals surface area contributed by atoms with Crippen molar-refractivity contribution in [1.82, 2.24) is 15.0 Å². The molecule has 132 valence electrons. The summed E-state index contributed by atoms with van der Waals surface area (Å²) in [6.07, 6.45) is 4.70. The SMILES string of the molecule is CC(=O)c1cc(Nc2cnccn2)nc(NC(C)c2ccc(F)cc2)c1. The number of hydrogen-bond acceptors (Lipinski definition) is 6. The number of hydrogen-bond donors (Lipinski definition) is 2. The van der Waals surface area contributed by atoms with E-state index in [0.717, 1.165) is 5.56 Å². The van der Waals surface area contributed by atoms with Crippen LogP contribution in [-0.4, -0.2) is 20.7 Å². The van der Waals surface area contributed by atoms with Gasteiger partial charge in [-0.05, 0) is 43.7 Å². The van der Waals surface area contributed by atoms with Crippen LogP contribution in [0.5, 0.6) is 0 Å². The summed E-state index contributed by atoms with van der Waals surface area (Å²) in [5, 5.41) is 6.27. The van der Waals surface area contributed by atoms with Crippen LogP contribution in [0.15, 0.2) is 55.0 Å². The molecule has 3 aromatic rings. The van der Waals surface area contributed by atoms with Gasteiger partial charge in [0.1, 0.15) is 23.3 Å². The van der Waals surface area contributed by atoms with E-state index >= 15 is 0 Å². The molecule has 7 heteroatoms. The molecule has 0 saturated carbocycles. The Morgan fingerprint density at radius 3 is 2.46 bits per heavy atom. The third-order valence-corrected chi connectivity index (χ3v) is 3.79. The molecule has 0 fully saturated rings. The normalized spacial score (nSPS) is 11.7. The Bertz CT molecular complexity index is 900. The first-order valence-electron chi connectivity index (χ1n) is 8.09. The molecule has 0 amide bonds. The Hall–Kier alpha value is -3.35. The number of pyridine rings is 1. The van der Waals surface area contributed by atoms with Gasteiger partial charge in [0.25, 0.3) is 0 Å². The Kier molecular flexibility index (Phi) is 5.17. The third kappa shape index (κ3) is 4.38.